The van der Waals surface area contributed by atoms with Gasteiger partial charge in [-0.3, -0.25) is 69.2 Å². The standard InChI is InChI=1S/2C16H17N3O2S.C15H16N4OS.2C15H15N3O2S.C14H14N4OS.C14H13N3O2S/c2*1-6-16(3,4)21-15(20)19(5)14-11(2)18-13(22-14)12-8-7-9-17-10-12;1-5-10(2)17-15(20)19(4)14-11(3)18-13(21-14)12-7-6-8-16-9-12;1-5-10(2)20-15(19)18(4)14-11(3)17-13(21-14)12-7-6-8-16-9-12;1-4-5-9-20-15(19)18(3)14-11(2)17-13(21-14)12-7-6-8-16-10-12;1-4-7-16-14(19)18(3)13-10(2)17-12(20-13)11-6-5-8-15-9-11;1-4-8-19-14(18)17(3)13-10(2)16-12(20-13)11-6-5-7-15-9-11/h2*1,7-10H,2-5H3;1,6-10H,2-4H3,(H,17,20);1,6-10H,2-4H3;6-8,10H,9H2,1-3H3;1,5-6,8-9H,7H2,2-3H3,(H,16,19);1,5-7,9H,8H2,2-3H3. The number of urea groups is 2. The molecule has 9 amide bonds. The van der Waals surface area contributed by atoms with Crippen molar-refractivity contribution in [3.63, 3.8) is 0 Å². The molecule has 14 heterocycles. The van der Waals surface area contributed by atoms with Crippen LogP contribution in [-0.4, -0.2) is 205 Å². The van der Waals surface area contributed by atoms with Gasteiger partial charge in [0.2, 0.25) is 0 Å². The van der Waals surface area contributed by atoms with Crippen LogP contribution in [0.4, 0.5) is 68.6 Å². The van der Waals surface area contributed by atoms with E-state index in [9.17, 15) is 33.6 Å². The van der Waals surface area contributed by atoms with Gasteiger partial charge in [0.1, 0.15) is 70.1 Å². The number of ether oxygens (including phenoxy) is 5. The molecule has 14 aromatic heterocycles. The van der Waals surface area contributed by atoms with Gasteiger partial charge in [-0.2, -0.15) is 0 Å². The molecule has 42 heteroatoms. The Morgan fingerprint density at radius 1 is 0.347 bits per heavy atom. The average Bonchev–Trinajstić information content (AvgIpc) is 1.65. The predicted molar refractivity (Wildman–Crippen MR) is 587 cm³/mol. The molecule has 0 saturated carbocycles. The summed E-state index contributed by atoms with van der Waals surface area (Å²) in [6.07, 6.45) is 52.5. The molecule has 35 nitrogen and oxygen atoms in total. The molecule has 2 N–H and O–H groups in total. The first-order chi connectivity index (χ1) is 70.1. The lowest BCUT2D eigenvalue weighted by atomic mass is 10.1. The van der Waals surface area contributed by atoms with Crippen LogP contribution in [0.3, 0.4) is 0 Å². The zero-order valence-corrected chi connectivity index (χ0v) is 90.3. The van der Waals surface area contributed by atoms with Gasteiger partial charge in [-0.15, -0.1) is 44.5 Å². The quantitative estimate of drug-likeness (QED) is 0.0498. The molecule has 0 fully saturated rings. The van der Waals surface area contributed by atoms with Crippen molar-refractivity contribution in [2.75, 3.05) is 103 Å². The van der Waals surface area contributed by atoms with E-state index in [-0.39, 0.29) is 37.9 Å². The van der Waals surface area contributed by atoms with E-state index in [4.69, 9.17) is 62.2 Å². The van der Waals surface area contributed by atoms with Crippen molar-refractivity contribution in [3.8, 4) is 160 Å². The van der Waals surface area contributed by atoms with Crippen molar-refractivity contribution in [2.24, 2.45) is 0 Å². The van der Waals surface area contributed by atoms with Crippen molar-refractivity contribution in [1.82, 2.24) is 80.4 Å². The summed E-state index contributed by atoms with van der Waals surface area (Å²) in [5.74, 6) is 19.7. The Labute approximate surface area is 883 Å². The van der Waals surface area contributed by atoms with E-state index >= 15 is 0 Å². The number of nitrogens with one attached hydrogen (secondary N) is 2. The summed E-state index contributed by atoms with van der Waals surface area (Å²) >= 11 is 9.94. The Balaban J connectivity index is 0.000000209. The Bertz CT molecular complexity index is 6770. The van der Waals surface area contributed by atoms with Crippen molar-refractivity contribution in [2.45, 2.75) is 120 Å². The van der Waals surface area contributed by atoms with E-state index in [2.05, 4.69) is 128 Å². The minimum Gasteiger partial charge on any atom is -0.436 e. The van der Waals surface area contributed by atoms with Gasteiger partial charge in [0, 0.05) is 175 Å². The number of carbonyl (C=O) groups excluding carboxylic acids is 7. The van der Waals surface area contributed by atoms with Gasteiger partial charge in [0.05, 0.1) is 52.4 Å². The van der Waals surface area contributed by atoms with Crippen LogP contribution >= 0.6 is 79.4 Å². The van der Waals surface area contributed by atoms with Gasteiger partial charge < -0.3 is 34.3 Å². The summed E-state index contributed by atoms with van der Waals surface area (Å²) in [7, 11) is 11.6. The summed E-state index contributed by atoms with van der Waals surface area (Å²) < 4.78 is 25.6. The van der Waals surface area contributed by atoms with E-state index in [0.717, 1.165) is 149 Å². The lowest BCUT2D eigenvalue weighted by Gasteiger charge is -2.23. The number of rotatable bonds is 21. The molecule has 2 unspecified atom stereocenters. The SMILES string of the molecule is C#CC(C)(C)OC(=O)N(C)c1sc(-c2cccnc2)nc1C.C#CC(C)(C)OC(=O)N(C)c1sc(-c2cccnc2)nc1C.C#CC(C)NC(=O)N(C)c1sc(-c2cccnc2)nc1C.C#CC(C)OC(=O)N(C)c1sc(-c2cccnc2)nc1C.C#CCNC(=O)N(C)c1sc(-c2cccnc2)nc1C.C#CCOC(=O)N(C)c1sc(-c2cccnc2)nc1C.CC#CCOC(=O)N(C)c1sc(-c2cccnc2)nc1C. The highest BCUT2D eigenvalue weighted by Gasteiger charge is 2.31. The molecule has 14 rings (SSSR count). The summed E-state index contributed by atoms with van der Waals surface area (Å²) in [6, 6.07) is 25.7. The molecule has 0 bridgehead atoms. The molecule has 0 aromatic carbocycles. The van der Waals surface area contributed by atoms with E-state index in [1.807, 2.05) is 133 Å². The van der Waals surface area contributed by atoms with E-state index in [0.29, 0.717) is 0 Å². The van der Waals surface area contributed by atoms with E-state index < -0.39 is 47.8 Å². The molecular formula is C105H107N23O12S7. The summed E-state index contributed by atoms with van der Waals surface area (Å²) in [6.45, 7) is 25.0. The molecule has 0 saturated heterocycles. The first-order valence-electron chi connectivity index (χ1n) is 44.2. The van der Waals surface area contributed by atoms with Crippen LogP contribution in [0.15, 0.2) is 172 Å². The van der Waals surface area contributed by atoms with Crippen LogP contribution in [0, 0.1) is 134 Å². The maximum Gasteiger partial charge on any atom is 0.416 e. The van der Waals surface area contributed by atoms with E-state index in [1.54, 1.807) is 185 Å². The number of terminal acetylenes is 6. The van der Waals surface area contributed by atoms with Gasteiger partial charge in [0.25, 0.3) is 0 Å². The molecule has 147 heavy (non-hydrogen) atoms. The maximum atomic E-state index is 12.2. The second kappa shape index (κ2) is 56.4. The van der Waals surface area contributed by atoms with Crippen molar-refractivity contribution < 1.29 is 57.2 Å². The Morgan fingerprint density at radius 3 is 0.816 bits per heavy atom. The van der Waals surface area contributed by atoms with Gasteiger partial charge in [-0.25, -0.2) is 68.4 Å². The predicted octanol–water partition coefficient (Wildman–Crippen LogP) is 20.9. The molecule has 0 radical (unpaired) electrons. The lowest BCUT2D eigenvalue weighted by molar-refractivity contribution is 0.0844. The number of hydrogen-bond acceptors (Lipinski definition) is 33. The van der Waals surface area contributed by atoms with Crippen LogP contribution in [0.5, 0.6) is 0 Å². The monoisotopic (exact) mass is 2110 g/mol. The van der Waals surface area contributed by atoms with Gasteiger partial charge in [-0.05, 0) is 182 Å². The normalized spacial score (nSPS) is 10.6. The van der Waals surface area contributed by atoms with Crippen LogP contribution in [-0.2, 0) is 23.7 Å². The smallest absolute Gasteiger partial charge is 0.416 e. The highest BCUT2D eigenvalue weighted by atomic mass is 32.1. The minimum atomic E-state index is -0.948. The highest BCUT2D eigenvalue weighted by molar-refractivity contribution is 7.21. The number of aromatic nitrogens is 14. The number of anilines is 7. The number of thiazole rings is 7. The molecule has 756 valence electrons. The first kappa shape index (κ1) is 116. The summed E-state index contributed by atoms with van der Waals surface area (Å²) in [4.78, 5) is 154. The number of amides is 9. The van der Waals surface area contributed by atoms with Gasteiger partial charge >= 0.3 is 42.5 Å². The van der Waals surface area contributed by atoms with Crippen LogP contribution in [0.1, 0.15) is 88.3 Å². The van der Waals surface area contributed by atoms with Gasteiger partial charge in [0.15, 0.2) is 30.5 Å². The third kappa shape index (κ3) is 34.0. The molecular weight excluding hydrogens is 2000 g/mol. The number of aryl methyl sites for hydroxylation is 7. The molecule has 14 aromatic rings. The molecule has 0 aliphatic rings. The number of nitrogens with zero attached hydrogens (tertiary/aromatic N) is 21. The van der Waals surface area contributed by atoms with Crippen molar-refractivity contribution in [3.05, 3.63) is 212 Å². The molecule has 0 aliphatic carbocycles. The fourth-order valence-electron chi connectivity index (χ4n) is 11.7. The molecule has 0 aliphatic heterocycles. The second-order valence-corrected chi connectivity index (χ2v) is 38.5. The Hall–Kier alpha value is -16.7. The Kier molecular flexibility index (Phi) is 44.3. The lowest BCUT2D eigenvalue weighted by Crippen LogP contribution is -2.41. The second-order valence-electron chi connectivity index (χ2n) is 31.7. The third-order valence-corrected chi connectivity index (χ3v) is 28.4. The summed E-state index contributed by atoms with van der Waals surface area (Å²) in [5.41, 5.74) is 9.93. The zero-order valence-electron chi connectivity index (χ0n) is 84.6. The van der Waals surface area contributed by atoms with Crippen molar-refractivity contribution >= 4 is 157 Å². The molecule has 2 atom stereocenters. The third-order valence-electron chi connectivity index (χ3n) is 19.4. The van der Waals surface area contributed by atoms with Crippen LogP contribution in [0.2, 0.25) is 0 Å². The Morgan fingerprint density at radius 2 is 0.592 bits per heavy atom. The highest BCUT2D eigenvalue weighted by Crippen LogP contribution is 2.41. The number of hydrogen-bond donors (Lipinski definition) is 2. The molecule has 0 spiro atoms. The fraction of sp³-hybridized carbons (Fsp3) is 0.267. The van der Waals surface area contributed by atoms with E-state index in [1.165, 1.54) is 114 Å². The maximum absolute atomic E-state index is 12.2. The van der Waals surface area contributed by atoms with Crippen molar-refractivity contribution in [1.29, 1.82) is 0 Å². The minimum absolute atomic E-state index is 0.0452. The van der Waals surface area contributed by atoms with Crippen LogP contribution < -0.4 is 44.9 Å². The zero-order chi connectivity index (χ0) is 108. The topological polar surface area (TPSA) is 393 Å². The number of pyridine rings is 7. The number of carbonyl (C=O) groups is 7. The van der Waals surface area contributed by atoms with Crippen LogP contribution in [0.25, 0.3) is 74.0 Å². The fourth-order valence-corrected chi connectivity index (χ4v) is 18.8. The largest absolute Gasteiger partial charge is 0.436 e. The van der Waals surface area contributed by atoms with Gasteiger partial charge in [-0.1, -0.05) is 121 Å². The summed E-state index contributed by atoms with van der Waals surface area (Å²) in [5, 5.41) is 16.3. The first-order valence-corrected chi connectivity index (χ1v) is 49.9. The average molecular weight is 2110 g/mol.